The van der Waals surface area contributed by atoms with Crippen LogP contribution >= 0.6 is 0 Å². The minimum Gasteiger partial charge on any atom is -0.303 e. The lowest BCUT2D eigenvalue weighted by atomic mass is 10.1. The highest BCUT2D eigenvalue weighted by Crippen LogP contribution is 2.10. The third-order valence-corrected chi connectivity index (χ3v) is 2.68. The van der Waals surface area contributed by atoms with Crippen LogP contribution in [0.25, 0.3) is 0 Å². The Morgan fingerprint density at radius 3 is 1.57 bits per heavy atom. The Morgan fingerprint density at radius 1 is 0.714 bits per heavy atom. The van der Waals surface area contributed by atoms with Gasteiger partial charge in [-0.2, -0.15) is 0 Å². The maximum absolute atomic E-state index is 10.0. The molecule has 0 spiro atoms. The summed E-state index contributed by atoms with van der Waals surface area (Å²) < 4.78 is 0. The molecule has 0 aliphatic rings. The van der Waals surface area contributed by atoms with Crippen LogP contribution < -0.4 is 0 Å². The Hall–Kier alpha value is -0.330. The first-order chi connectivity index (χ1) is 6.91. The average molecular weight is 198 g/mol. The minimum absolute atomic E-state index is 0.760. The molecule has 0 saturated heterocycles. The van der Waals surface area contributed by atoms with Crippen LogP contribution in [0.5, 0.6) is 0 Å². The molecule has 84 valence electrons. The van der Waals surface area contributed by atoms with Crippen molar-refractivity contribution in [1.29, 1.82) is 0 Å². The van der Waals surface area contributed by atoms with Crippen LogP contribution in [-0.4, -0.2) is 6.29 Å². The summed E-state index contributed by atoms with van der Waals surface area (Å²) in [6.45, 7) is 2.26. The molecule has 14 heavy (non-hydrogen) atoms. The zero-order valence-corrected chi connectivity index (χ0v) is 9.76. The van der Waals surface area contributed by atoms with Gasteiger partial charge in [0.25, 0.3) is 0 Å². The van der Waals surface area contributed by atoms with E-state index in [0.29, 0.717) is 0 Å². The van der Waals surface area contributed by atoms with Crippen LogP contribution in [0.4, 0.5) is 0 Å². The van der Waals surface area contributed by atoms with Gasteiger partial charge in [0.1, 0.15) is 6.29 Å². The molecule has 0 rings (SSSR count). The molecule has 0 bridgehead atoms. The Morgan fingerprint density at radius 2 is 1.14 bits per heavy atom. The van der Waals surface area contributed by atoms with Crippen LogP contribution in [0.2, 0.25) is 0 Å². The van der Waals surface area contributed by atoms with Crippen molar-refractivity contribution in [2.24, 2.45) is 0 Å². The van der Waals surface area contributed by atoms with E-state index in [1.165, 1.54) is 57.8 Å². The molecule has 0 aromatic carbocycles. The highest BCUT2D eigenvalue weighted by Gasteiger charge is 1.91. The molecule has 0 atom stereocenters. The quantitative estimate of drug-likeness (QED) is 0.353. The van der Waals surface area contributed by atoms with Gasteiger partial charge in [-0.15, -0.1) is 0 Å². The summed E-state index contributed by atoms with van der Waals surface area (Å²) in [7, 11) is 0. The summed E-state index contributed by atoms with van der Waals surface area (Å²) in [6, 6.07) is 0. The first-order valence-corrected chi connectivity index (χ1v) is 6.35. The van der Waals surface area contributed by atoms with Gasteiger partial charge < -0.3 is 4.79 Å². The number of hydrogen-bond acceptors (Lipinski definition) is 1. The van der Waals surface area contributed by atoms with Crippen molar-refractivity contribution in [3.8, 4) is 0 Å². The number of rotatable bonds is 11. The zero-order chi connectivity index (χ0) is 10.5. The maximum Gasteiger partial charge on any atom is 0.119 e. The second kappa shape index (κ2) is 12.7. The highest BCUT2D eigenvalue weighted by atomic mass is 16.1. The molecule has 0 aromatic rings. The number of hydrogen-bond donors (Lipinski definition) is 0. The lowest BCUT2D eigenvalue weighted by Crippen LogP contribution is -1.82. The predicted octanol–water partition coefficient (Wildman–Crippen LogP) is 4.50. The summed E-state index contributed by atoms with van der Waals surface area (Å²) in [5.41, 5.74) is 0. The van der Waals surface area contributed by atoms with Crippen LogP contribution in [-0.2, 0) is 4.79 Å². The third kappa shape index (κ3) is 11.7. The monoisotopic (exact) mass is 198 g/mol. The summed E-state index contributed by atoms with van der Waals surface area (Å²) >= 11 is 0. The van der Waals surface area contributed by atoms with E-state index in [2.05, 4.69) is 6.92 Å². The second-order valence-corrected chi connectivity index (χ2v) is 4.14. The fourth-order valence-electron chi connectivity index (χ4n) is 1.72. The maximum atomic E-state index is 10.0. The summed E-state index contributed by atoms with van der Waals surface area (Å²) in [4.78, 5) is 10.0. The zero-order valence-electron chi connectivity index (χ0n) is 9.76. The van der Waals surface area contributed by atoms with Gasteiger partial charge in [-0.25, -0.2) is 0 Å². The molecule has 1 heteroatoms. The summed E-state index contributed by atoms with van der Waals surface area (Å²) in [5.74, 6) is 0. The Labute approximate surface area is 89.3 Å². The number of carbonyl (C=O) groups is 1. The lowest BCUT2D eigenvalue weighted by molar-refractivity contribution is -0.107. The SMILES string of the molecule is CCCCCCCCCCCCC=O. The van der Waals surface area contributed by atoms with Crippen LogP contribution in [0.15, 0.2) is 0 Å². The van der Waals surface area contributed by atoms with E-state index in [4.69, 9.17) is 0 Å². The molecule has 0 unspecified atom stereocenters. The number of aldehydes is 1. The van der Waals surface area contributed by atoms with Gasteiger partial charge in [-0.3, -0.25) is 0 Å². The van der Waals surface area contributed by atoms with Gasteiger partial charge in [0.05, 0.1) is 0 Å². The first-order valence-electron chi connectivity index (χ1n) is 6.35. The molecule has 0 amide bonds. The second-order valence-electron chi connectivity index (χ2n) is 4.14. The molecule has 0 heterocycles. The van der Waals surface area contributed by atoms with Crippen LogP contribution in [0.3, 0.4) is 0 Å². The van der Waals surface area contributed by atoms with Crippen molar-refractivity contribution in [3.63, 3.8) is 0 Å². The largest absolute Gasteiger partial charge is 0.303 e. The van der Waals surface area contributed by atoms with Gasteiger partial charge in [-0.1, -0.05) is 64.7 Å². The number of unbranched alkanes of at least 4 members (excludes halogenated alkanes) is 10. The van der Waals surface area contributed by atoms with E-state index in [0.717, 1.165) is 19.1 Å². The summed E-state index contributed by atoms with van der Waals surface area (Å²) in [5, 5.41) is 0. The van der Waals surface area contributed by atoms with Crippen molar-refractivity contribution < 1.29 is 4.79 Å². The van der Waals surface area contributed by atoms with Crippen LogP contribution in [0.1, 0.15) is 77.6 Å². The molecule has 0 N–H and O–H groups in total. The van der Waals surface area contributed by atoms with E-state index in [-0.39, 0.29) is 0 Å². The van der Waals surface area contributed by atoms with E-state index in [1.54, 1.807) is 0 Å². The normalized spacial score (nSPS) is 10.4. The summed E-state index contributed by atoms with van der Waals surface area (Å²) in [6.07, 6.45) is 15.2. The van der Waals surface area contributed by atoms with Crippen molar-refractivity contribution >= 4 is 6.29 Å². The van der Waals surface area contributed by atoms with Gasteiger partial charge in [0.2, 0.25) is 0 Å². The molecule has 0 aliphatic carbocycles. The standard InChI is InChI=1S/C13H26O/c1-2-3-4-5-6-7-8-9-10-11-12-13-14/h13H,2-12H2,1H3. The molecule has 1 nitrogen and oxygen atoms in total. The van der Waals surface area contributed by atoms with Crippen LogP contribution in [0, 0.1) is 0 Å². The average Bonchev–Trinajstić information content (AvgIpc) is 2.21. The van der Waals surface area contributed by atoms with Gasteiger partial charge >= 0.3 is 0 Å². The smallest absolute Gasteiger partial charge is 0.119 e. The van der Waals surface area contributed by atoms with E-state index in [1.807, 2.05) is 0 Å². The van der Waals surface area contributed by atoms with Gasteiger partial charge in [-0.05, 0) is 6.42 Å². The molecule has 0 radical (unpaired) electrons. The minimum atomic E-state index is 0.760. The molecular formula is C13H26O. The Bertz CT molecular complexity index is 110. The van der Waals surface area contributed by atoms with E-state index in [9.17, 15) is 4.79 Å². The fourth-order valence-corrected chi connectivity index (χ4v) is 1.72. The number of carbonyl (C=O) groups excluding carboxylic acids is 1. The van der Waals surface area contributed by atoms with Gasteiger partial charge in [0.15, 0.2) is 0 Å². The lowest BCUT2D eigenvalue weighted by Gasteiger charge is -2.00. The van der Waals surface area contributed by atoms with Crippen molar-refractivity contribution in [2.75, 3.05) is 0 Å². The van der Waals surface area contributed by atoms with Crippen molar-refractivity contribution in [3.05, 3.63) is 0 Å². The molecule has 0 fully saturated rings. The highest BCUT2D eigenvalue weighted by molar-refractivity contribution is 5.48. The molecule has 0 saturated carbocycles. The Balaban J connectivity index is 2.81. The van der Waals surface area contributed by atoms with E-state index < -0.39 is 0 Å². The first kappa shape index (κ1) is 13.7. The van der Waals surface area contributed by atoms with E-state index >= 15 is 0 Å². The molecule has 0 aromatic heterocycles. The van der Waals surface area contributed by atoms with Crippen molar-refractivity contribution in [2.45, 2.75) is 77.6 Å². The molecular weight excluding hydrogens is 172 g/mol. The predicted molar refractivity (Wildman–Crippen MR) is 62.5 cm³/mol. The fraction of sp³-hybridized carbons (Fsp3) is 0.923. The molecule has 0 aliphatic heterocycles. The Kier molecular flexibility index (Phi) is 12.4. The third-order valence-electron chi connectivity index (χ3n) is 2.68. The van der Waals surface area contributed by atoms with Gasteiger partial charge in [0, 0.05) is 6.42 Å². The topological polar surface area (TPSA) is 17.1 Å². The van der Waals surface area contributed by atoms with Crippen molar-refractivity contribution in [1.82, 2.24) is 0 Å².